The number of nitrogens with zero attached hydrogens (tertiary/aromatic N) is 4. The van der Waals surface area contributed by atoms with Gasteiger partial charge in [-0.15, -0.1) is 0 Å². The maximum Gasteiger partial charge on any atom is 0.488 e. The zero-order chi connectivity index (χ0) is 23.7. The van der Waals surface area contributed by atoms with Crippen molar-refractivity contribution in [2.45, 2.75) is 38.6 Å². The van der Waals surface area contributed by atoms with Crippen molar-refractivity contribution in [3.05, 3.63) is 71.3 Å². The second-order valence-electron chi connectivity index (χ2n) is 8.48. The SMILES string of the molecule is NC(=O)c1cccc2c(-c3nc4c(c(NCc5cccc(B(O)O)c5)n3)CCCCC4)ncn12. The molecule has 1 amide bonds. The molecular weight excluding hydrogens is 431 g/mol. The Labute approximate surface area is 196 Å². The number of fused-ring (bicyclic) bond motifs is 2. The smallest absolute Gasteiger partial charge is 0.423 e. The first kappa shape index (κ1) is 22.1. The van der Waals surface area contributed by atoms with Gasteiger partial charge in [-0.1, -0.05) is 36.8 Å². The van der Waals surface area contributed by atoms with Gasteiger partial charge in [-0.3, -0.25) is 9.20 Å². The third-order valence-corrected chi connectivity index (χ3v) is 6.18. The third-order valence-electron chi connectivity index (χ3n) is 6.18. The monoisotopic (exact) mass is 456 g/mol. The van der Waals surface area contributed by atoms with Gasteiger partial charge in [0.25, 0.3) is 5.91 Å². The van der Waals surface area contributed by atoms with Crippen molar-refractivity contribution in [3.63, 3.8) is 0 Å². The van der Waals surface area contributed by atoms with Crippen LogP contribution in [0.25, 0.3) is 17.0 Å². The Morgan fingerprint density at radius 3 is 2.74 bits per heavy atom. The number of carbonyl (C=O) groups excluding carboxylic acids is 1. The molecule has 3 heterocycles. The maximum absolute atomic E-state index is 11.8. The number of aryl methyl sites for hydroxylation is 1. The Hall–Kier alpha value is -3.76. The van der Waals surface area contributed by atoms with Crippen LogP contribution in [0.1, 0.15) is 46.6 Å². The molecule has 172 valence electrons. The molecule has 5 rings (SSSR count). The van der Waals surface area contributed by atoms with Crippen molar-refractivity contribution in [1.29, 1.82) is 0 Å². The van der Waals surface area contributed by atoms with Crippen molar-refractivity contribution < 1.29 is 14.8 Å². The molecule has 1 aromatic carbocycles. The van der Waals surface area contributed by atoms with E-state index in [1.165, 1.54) is 0 Å². The summed E-state index contributed by atoms with van der Waals surface area (Å²) in [6, 6.07) is 12.4. The average molecular weight is 456 g/mol. The fourth-order valence-corrected chi connectivity index (χ4v) is 4.47. The van der Waals surface area contributed by atoms with Crippen molar-refractivity contribution >= 4 is 29.8 Å². The number of primary amides is 1. The van der Waals surface area contributed by atoms with Crippen LogP contribution in [-0.4, -0.2) is 42.4 Å². The molecule has 0 fully saturated rings. The minimum Gasteiger partial charge on any atom is -0.423 e. The first-order valence-electron chi connectivity index (χ1n) is 11.4. The predicted octanol–water partition coefficient (Wildman–Crippen LogP) is 1.45. The summed E-state index contributed by atoms with van der Waals surface area (Å²) in [5, 5.41) is 22.4. The van der Waals surface area contributed by atoms with Gasteiger partial charge in [0.2, 0.25) is 0 Å². The number of anilines is 1. The number of imidazole rings is 1. The number of benzene rings is 1. The summed E-state index contributed by atoms with van der Waals surface area (Å²) < 4.78 is 1.66. The standard InChI is InChI=1S/C24H25BN6O3/c26-22(32)20-11-5-10-19-21(28-14-31(19)20)24-29-18-9-3-1-2-8-17(18)23(30-24)27-13-15-6-4-7-16(12-15)25(33)34/h4-7,10-12,14,33-34H,1-3,8-9,13H2,(H2,26,32)(H,27,29,30). The van der Waals surface area contributed by atoms with Crippen LogP contribution in [0.15, 0.2) is 48.8 Å². The van der Waals surface area contributed by atoms with Gasteiger partial charge in [-0.05, 0) is 48.8 Å². The van der Waals surface area contributed by atoms with Crippen LogP contribution < -0.4 is 16.5 Å². The predicted molar refractivity (Wildman–Crippen MR) is 130 cm³/mol. The Kier molecular flexibility index (Phi) is 6.00. The minimum absolute atomic E-state index is 0.343. The molecule has 4 aromatic rings. The number of nitrogens with two attached hydrogens (primary N) is 1. The molecule has 0 atom stereocenters. The lowest BCUT2D eigenvalue weighted by molar-refractivity contribution is 0.0994. The van der Waals surface area contributed by atoms with Crippen LogP contribution in [0.2, 0.25) is 0 Å². The van der Waals surface area contributed by atoms with E-state index in [0.717, 1.165) is 54.7 Å². The largest absolute Gasteiger partial charge is 0.488 e. The molecule has 0 saturated heterocycles. The molecular formula is C24H25BN6O3. The first-order chi connectivity index (χ1) is 16.5. The molecule has 0 spiro atoms. The molecule has 3 aromatic heterocycles. The summed E-state index contributed by atoms with van der Waals surface area (Å²) >= 11 is 0. The van der Waals surface area contributed by atoms with Crippen LogP contribution in [0.3, 0.4) is 0 Å². The highest BCUT2D eigenvalue weighted by Gasteiger charge is 2.21. The van der Waals surface area contributed by atoms with E-state index in [-0.39, 0.29) is 0 Å². The Morgan fingerprint density at radius 2 is 1.91 bits per heavy atom. The van der Waals surface area contributed by atoms with Crippen LogP contribution in [0.5, 0.6) is 0 Å². The molecule has 0 radical (unpaired) electrons. The zero-order valence-corrected chi connectivity index (χ0v) is 18.6. The van der Waals surface area contributed by atoms with Crippen molar-refractivity contribution in [2.24, 2.45) is 5.73 Å². The lowest BCUT2D eigenvalue weighted by Crippen LogP contribution is -2.30. The highest BCUT2D eigenvalue weighted by atomic mass is 16.4. The van der Waals surface area contributed by atoms with E-state index < -0.39 is 13.0 Å². The Balaban J connectivity index is 1.55. The van der Waals surface area contributed by atoms with Gasteiger partial charge in [-0.25, -0.2) is 15.0 Å². The van der Waals surface area contributed by atoms with E-state index in [4.69, 9.17) is 15.7 Å². The van der Waals surface area contributed by atoms with Crippen molar-refractivity contribution in [1.82, 2.24) is 19.4 Å². The van der Waals surface area contributed by atoms with Crippen LogP contribution >= 0.6 is 0 Å². The molecule has 1 aliphatic rings. The van der Waals surface area contributed by atoms with Gasteiger partial charge in [0.1, 0.15) is 23.5 Å². The molecule has 0 unspecified atom stereocenters. The van der Waals surface area contributed by atoms with E-state index in [1.54, 1.807) is 41.1 Å². The van der Waals surface area contributed by atoms with Crippen molar-refractivity contribution in [3.8, 4) is 11.5 Å². The summed E-state index contributed by atoms with van der Waals surface area (Å²) in [6.07, 6.45) is 6.60. The van der Waals surface area contributed by atoms with Gasteiger partial charge in [-0.2, -0.15) is 0 Å². The quantitative estimate of drug-likeness (QED) is 0.254. The van der Waals surface area contributed by atoms with Crippen LogP contribution in [0, 0.1) is 0 Å². The van der Waals surface area contributed by atoms with Gasteiger partial charge in [0, 0.05) is 17.8 Å². The van der Waals surface area contributed by atoms with Gasteiger partial charge < -0.3 is 21.1 Å². The summed E-state index contributed by atoms with van der Waals surface area (Å²) in [5.41, 5.74) is 10.6. The van der Waals surface area contributed by atoms with E-state index in [0.29, 0.717) is 34.7 Å². The van der Waals surface area contributed by atoms with E-state index >= 15 is 0 Å². The molecule has 34 heavy (non-hydrogen) atoms. The van der Waals surface area contributed by atoms with E-state index in [1.807, 2.05) is 12.1 Å². The molecule has 0 aliphatic heterocycles. The average Bonchev–Trinajstić information content (AvgIpc) is 3.13. The number of nitrogens with one attached hydrogen (secondary N) is 1. The first-order valence-corrected chi connectivity index (χ1v) is 11.4. The third kappa shape index (κ3) is 4.25. The Morgan fingerprint density at radius 1 is 1.09 bits per heavy atom. The number of hydrogen-bond donors (Lipinski definition) is 4. The van der Waals surface area contributed by atoms with E-state index in [9.17, 15) is 14.8 Å². The number of carbonyl (C=O) groups is 1. The number of hydrogen-bond acceptors (Lipinski definition) is 7. The van der Waals surface area contributed by atoms with Gasteiger partial charge in [0.05, 0.1) is 5.52 Å². The van der Waals surface area contributed by atoms with Gasteiger partial charge in [0.15, 0.2) is 5.82 Å². The molecule has 0 bridgehead atoms. The van der Waals surface area contributed by atoms with Crippen LogP contribution in [-0.2, 0) is 19.4 Å². The fourth-order valence-electron chi connectivity index (χ4n) is 4.47. The number of rotatable bonds is 6. The minimum atomic E-state index is -1.51. The highest BCUT2D eigenvalue weighted by molar-refractivity contribution is 6.58. The Bertz CT molecular complexity index is 1370. The normalized spacial score (nSPS) is 13.4. The number of aromatic nitrogens is 4. The molecule has 1 aliphatic carbocycles. The second kappa shape index (κ2) is 9.24. The van der Waals surface area contributed by atoms with E-state index in [2.05, 4.69) is 10.3 Å². The van der Waals surface area contributed by atoms with Gasteiger partial charge >= 0.3 is 7.12 Å². The summed E-state index contributed by atoms with van der Waals surface area (Å²) in [4.78, 5) is 26.1. The number of amides is 1. The number of pyridine rings is 1. The maximum atomic E-state index is 11.8. The highest BCUT2D eigenvalue weighted by Crippen LogP contribution is 2.29. The summed E-state index contributed by atoms with van der Waals surface area (Å²) in [7, 11) is -1.51. The summed E-state index contributed by atoms with van der Waals surface area (Å²) in [5.74, 6) is 0.714. The lowest BCUT2D eigenvalue weighted by atomic mass is 9.79. The molecule has 10 heteroatoms. The lowest BCUT2D eigenvalue weighted by Gasteiger charge is -2.15. The van der Waals surface area contributed by atoms with Crippen molar-refractivity contribution in [2.75, 3.05) is 5.32 Å². The molecule has 5 N–H and O–H groups in total. The zero-order valence-electron chi connectivity index (χ0n) is 18.6. The summed E-state index contributed by atoms with van der Waals surface area (Å²) in [6.45, 7) is 0.471. The fraction of sp³-hybridized carbons (Fsp3) is 0.250. The molecule has 0 saturated carbocycles. The van der Waals surface area contributed by atoms with Crippen LogP contribution in [0.4, 0.5) is 5.82 Å². The molecule has 9 nitrogen and oxygen atoms in total. The second-order valence-corrected chi connectivity index (χ2v) is 8.48. The topological polar surface area (TPSA) is 139 Å².